The van der Waals surface area contributed by atoms with E-state index in [2.05, 4.69) is 41.6 Å². The van der Waals surface area contributed by atoms with Gasteiger partial charge in [-0.1, -0.05) is 0 Å². The Kier molecular flexibility index (Phi) is 3.00. The maximum absolute atomic E-state index is 2.26. The highest BCUT2D eigenvalue weighted by molar-refractivity contribution is 7.97. The Bertz CT molecular complexity index is 230. The molecule has 0 aromatic carbocycles. The molecule has 0 aliphatic carbocycles. The average Bonchev–Trinajstić information content (AvgIpc) is 2.34. The molecule has 0 spiro atoms. The van der Waals surface area contributed by atoms with Gasteiger partial charge in [0.05, 0.1) is 6.54 Å². The van der Waals surface area contributed by atoms with Crippen molar-refractivity contribution in [3.05, 3.63) is 18.2 Å². The van der Waals surface area contributed by atoms with Gasteiger partial charge in [0.1, 0.15) is 18.3 Å². The SMILES string of the molecule is CCn1cc[n+](CSC)c1C. The van der Waals surface area contributed by atoms with E-state index in [0.29, 0.717) is 0 Å². The van der Waals surface area contributed by atoms with E-state index < -0.39 is 0 Å². The molecule has 2 nitrogen and oxygen atoms in total. The van der Waals surface area contributed by atoms with E-state index in [9.17, 15) is 0 Å². The van der Waals surface area contributed by atoms with E-state index in [-0.39, 0.29) is 0 Å². The van der Waals surface area contributed by atoms with Gasteiger partial charge in [-0.05, 0) is 13.2 Å². The van der Waals surface area contributed by atoms with Crippen LogP contribution in [0.2, 0.25) is 0 Å². The lowest BCUT2D eigenvalue weighted by molar-refractivity contribution is -0.681. The predicted molar refractivity (Wildman–Crippen MR) is 48.6 cm³/mol. The largest absolute Gasteiger partial charge is 0.253 e. The van der Waals surface area contributed by atoms with Gasteiger partial charge in [0, 0.05) is 6.92 Å². The molecule has 0 amide bonds. The molecule has 0 bridgehead atoms. The molecule has 0 radical (unpaired) electrons. The van der Waals surface area contributed by atoms with Gasteiger partial charge in [0.2, 0.25) is 0 Å². The average molecular weight is 171 g/mol. The zero-order valence-corrected chi connectivity index (χ0v) is 8.19. The van der Waals surface area contributed by atoms with Crippen molar-refractivity contribution in [3.63, 3.8) is 0 Å². The second-order valence-corrected chi connectivity index (χ2v) is 3.35. The van der Waals surface area contributed by atoms with Crippen LogP contribution in [0, 0.1) is 6.92 Å². The molecule has 0 saturated heterocycles. The molecular weight excluding hydrogens is 156 g/mol. The Morgan fingerprint density at radius 2 is 2.36 bits per heavy atom. The third kappa shape index (κ3) is 1.77. The molecule has 0 N–H and O–H groups in total. The third-order valence-electron chi connectivity index (χ3n) is 1.87. The van der Waals surface area contributed by atoms with Crippen molar-refractivity contribution in [1.82, 2.24) is 4.57 Å². The van der Waals surface area contributed by atoms with Crippen LogP contribution in [0.1, 0.15) is 12.7 Å². The first-order valence-corrected chi connectivity index (χ1v) is 5.23. The first-order chi connectivity index (χ1) is 5.29. The van der Waals surface area contributed by atoms with Crippen LogP contribution in [0.15, 0.2) is 12.4 Å². The van der Waals surface area contributed by atoms with E-state index in [1.54, 1.807) is 0 Å². The molecule has 0 atom stereocenters. The van der Waals surface area contributed by atoms with Gasteiger partial charge in [-0.3, -0.25) is 0 Å². The highest BCUT2D eigenvalue weighted by atomic mass is 32.2. The summed E-state index contributed by atoms with van der Waals surface area (Å²) in [6, 6.07) is 0. The summed E-state index contributed by atoms with van der Waals surface area (Å²) in [5.74, 6) is 2.39. The lowest BCUT2D eigenvalue weighted by Crippen LogP contribution is -2.33. The van der Waals surface area contributed by atoms with Gasteiger partial charge in [-0.15, -0.1) is 11.8 Å². The number of hydrogen-bond donors (Lipinski definition) is 0. The molecule has 11 heavy (non-hydrogen) atoms. The molecule has 1 rings (SSSR count). The van der Waals surface area contributed by atoms with Crippen LogP contribution in [-0.4, -0.2) is 10.8 Å². The first kappa shape index (κ1) is 8.65. The molecule has 0 aliphatic heterocycles. The summed E-state index contributed by atoms with van der Waals surface area (Å²) in [4.78, 5) is 0. The van der Waals surface area contributed by atoms with Crippen molar-refractivity contribution in [2.75, 3.05) is 6.26 Å². The number of imidazole rings is 1. The lowest BCUT2D eigenvalue weighted by atomic mass is 10.6. The number of rotatable bonds is 3. The minimum atomic E-state index is 1.05. The molecule has 1 heterocycles. The van der Waals surface area contributed by atoms with Crippen molar-refractivity contribution >= 4 is 11.8 Å². The standard InChI is InChI=1S/C8H15N2S/c1-4-9-5-6-10(7-11-3)8(9)2/h5-6H,4,7H2,1-3H3/q+1. The Hall–Kier alpha value is -0.440. The molecule has 0 saturated carbocycles. The fourth-order valence-corrected chi connectivity index (χ4v) is 1.70. The van der Waals surface area contributed by atoms with Crippen LogP contribution in [0.25, 0.3) is 0 Å². The smallest absolute Gasteiger partial charge is 0.235 e. The second-order valence-electron chi connectivity index (χ2n) is 2.52. The van der Waals surface area contributed by atoms with Gasteiger partial charge in [-0.2, -0.15) is 0 Å². The Morgan fingerprint density at radius 3 is 2.82 bits per heavy atom. The van der Waals surface area contributed by atoms with E-state index in [1.165, 1.54) is 5.82 Å². The van der Waals surface area contributed by atoms with Crippen LogP contribution >= 0.6 is 11.8 Å². The fraction of sp³-hybridized carbons (Fsp3) is 0.625. The van der Waals surface area contributed by atoms with Crippen molar-refractivity contribution in [2.24, 2.45) is 0 Å². The molecule has 62 valence electrons. The minimum Gasteiger partial charge on any atom is -0.235 e. The van der Waals surface area contributed by atoms with Crippen molar-refractivity contribution in [3.8, 4) is 0 Å². The summed E-state index contributed by atoms with van der Waals surface area (Å²) < 4.78 is 4.50. The Labute approximate surface area is 72.2 Å². The fourth-order valence-electron chi connectivity index (χ4n) is 1.15. The number of aryl methyl sites for hydroxylation is 1. The van der Waals surface area contributed by atoms with Crippen LogP contribution < -0.4 is 4.57 Å². The molecule has 0 fully saturated rings. The van der Waals surface area contributed by atoms with Gasteiger partial charge in [0.15, 0.2) is 0 Å². The summed E-state index contributed by atoms with van der Waals surface area (Å²) in [6.07, 6.45) is 6.39. The van der Waals surface area contributed by atoms with Crippen LogP contribution in [0.5, 0.6) is 0 Å². The van der Waals surface area contributed by atoms with Crippen molar-refractivity contribution in [1.29, 1.82) is 0 Å². The second kappa shape index (κ2) is 3.81. The molecular formula is C8H15N2S+. The van der Waals surface area contributed by atoms with E-state index >= 15 is 0 Å². The Balaban J connectivity index is 2.82. The number of thioether (sulfide) groups is 1. The van der Waals surface area contributed by atoms with Crippen molar-refractivity contribution in [2.45, 2.75) is 26.3 Å². The van der Waals surface area contributed by atoms with Gasteiger partial charge >= 0.3 is 0 Å². The number of nitrogens with zero attached hydrogens (tertiary/aromatic N) is 2. The monoisotopic (exact) mass is 171 g/mol. The molecule has 0 aliphatic rings. The summed E-state index contributed by atoms with van der Waals surface area (Å²) in [5.41, 5.74) is 0. The molecule has 1 aromatic rings. The van der Waals surface area contributed by atoms with E-state index in [4.69, 9.17) is 0 Å². The number of hydrogen-bond acceptors (Lipinski definition) is 1. The third-order valence-corrected chi connectivity index (χ3v) is 2.40. The minimum absolute atomic E-state index is 1.05. The summed E-state index contributed by atoms with van der Waals surface area (Å²) in [6.45, 7) is 5.38. The van der Waals surface area contributed by atoms with E-state index in [1.807, 2.05) is 11.8 Å². The van der Waals surface area contributed by atoms with Crippen LogP contribution in [0.4, 0.5) is 0 Å². The first-order valence-electron chi connectivity index (χ1n) is 3.83. The predicted octanol–water partition coefficient (Wildman–Crippen LogP) is 1.42. The Morgan fingerprint density at radius 1 is 1.64 bits per heavy atom. The molecule has 1 aromatic heterocycles. The topological polar surface area (TPSA) is 8.81 Å². The van der Waals surface area contributed by atoms with Gasteiger partial charge in [-0.25, -0.2) is 9.13 Å². The molecule has 3 heteroatoms. The zero-order chi connectivity index (χ0) is 8.27. The normalized spacial score (nSPS) is 10.5. The molecule has 0 unspecified atom stereocenters. The van der Waals surface area contributed by atoms with Crippen LogP contribution in [-0.2, 0) is 12.4 Å². The highest BCUT2D eigenvalue weighted by Gasteiger charge is 2.08. The summed E-state index contributed by atoms with van der Waals surface area (Å²) >= 11 is 1.84. The van der Waals surface area contributed by atoms with Gasteiger partial charge < -0.3 is 0 Å². The quantitative estimate of drug-likeness (QED) is 0.625. The maximum Gasteiger partial charge on any atom is 0.253 e. The van der Waals surface area contributed by atoms with Crippen molar-refractivity contribution < 1.29 is 4.57 Å². The zero-order valence-electron chi connectivity index (χ0n) is 7.37. The number of aromatic nitrogens is 2. The lowest BCUT2D eigenvalue weighted by Gasteiger charge is -1.95. The van der Waals surface area contributed by atoms with Crippen LogP contribution in [0.3, 0.4) is 0 Å². The highest BCUT2D eigenvalue weighted by Crippen LogP contribution is 1.96. The summed E-state index contributed by atoms with van der Waals surface area (Å²) in [5, 5.41) is 0. The van der Waals surface area contributed by atoms with Gasteiger partial charge in [0.25, 0.3) is 5.82 Å². The summed E-state index contributed by atoms with van der Waals surface area (Å²) in [7, 11) is 0. The van der Waals surface area contributed by atoms with E-state index in [0.717, 1.165) is 12.4 Å². The maximum atomic E-state index is 2.26.